The zero-order valence-corrected chi connectivity index (χ0v) is 20.6. The second-order valence-corrected chi connectivity index (χ2v) is 9.90. The molecule has 1 fully saturated rings. The lowest BCUT2D eigenvalue weighted by molar-refractivity contribution is -0.0339. The van der Waals surface area contributed by atoms with Gasteiger partial charge in [-0.05, 0) is 30.9 Å². The van der Waals surface area contributed by atoms with Gasteiger partial charge in [-0.1, -0.05) is 18.2 Å². The zero-order chi connectivity index (χ0) is 27.9. The molecule has 0 amide bonds. The number of nitrogens with zero attached hydrogens (tertiary/aromatic N) is 1. The number of benzene rings is 1. The van der Waals surface area contributed by atoms with Crippen LogP contribution in [0.4, 0.5) is 0 Å². The average Bonchev–Trinajstić information content (AvgIpc) is 2.85. The minimum atomic E-state index is -4.64. The topological polar surface area (TPSA) is 305 Å². The lowest BCUT2D eigenvalue weighted by Gasteiger charge is -2.18. The lowest BCUT2D eigenvalue weighted by Crippen LogP contribution is -2.34. The molecule has 0 saturated carbocycles. The molecule has 11 N–H and O–H groups in total. The van der Waals surface area contributed by atoms with Gasteiger partial charge in [0.25, 0.3) is 5.56 Å². The molecule has 0 spiro atoms. The number of rotatable bonds is 1. The third-order valence-electron chi connectivity index (χ3n) is 3.92. The third kappa shape index (κ3) is 14.7. The van der Waals surface area contributed by atoms with Gasteiger partial charge in [0, 0.05) is 6.20 Å². The van der Waals surface area contributed by atoms with E-state index in [1.54, 1.807) is 13.1 Å². The van der Waals surface area contributed by atoms with E-state index in [0.717, 1.165) is 10.9 Å². The summed E-state index contributed by atoms with van der Waals surface area (Å²) in [6.07, 6.45) is -1.85. The van der Waals surface area contributed by atoms with E-state index in [0.29, 0.717) is 5.39 Å². The van der Waals surface area contributed by atoms with Gasteiger partial charge in [0.2, 0.25) is 0 Å². The Hall–Kier alpha value is -1.36. The van der Waals surface area contributed by atoms with Gasteiger partial charge < -0.3 is 59.0 Å². The predicted molar refractivity (Wildman–Crippen MR) is 117 cm³/mol. The standard InChI is InChI=1S/C15H17NO4.3H3O4P/c1-8-4-3-5-10-6-7-16(14(19)11(8)10)15-13(18)12(17)9(2)20-15;3*1-5(2,3)4/h3-7,9,12-13,15,17-18H,1-2H3;3*(H3,1,2,3,4). The highest BCUT2D eigenvalue weighted by Crippen LogP contribution is 2.29. The van der Waals surface area contributed by atoms with Crippen molar-refractivity contribution < 1.29 is 72.7 Å². The van der Waals surface area contributed by atoms with Gasteiger partial charge in [-0.15, -0.1) is 0 Å². The van der Waals surface area contributed by atoms with Gasteiger partial charge in [-0.25, -0.2) is 13.7 Å². The molecule has 0 aliphatic carbocycles. The maximum atomic E-state index is 12.6. The summed E-state index contributed by atoms with van der Waals surface area (Å²) < 4.78 is 33.5. The van der Waals surface area contributed by atoms with Crippen LogP contribution in [0.15, 0.2) is 35.3 Å². The van der Waals surface area contributed by atoms with Crippen molar-refractivity contribution in [3.63, 3.8) is 0 Å². The molecule has 1 saturated heterocycles. The van der Waals surface area contributed by atoms with Crippen LogP contribution >= 0.6 is 23.5 Å². The van der Waals surface area contributed by atoms with Crippen LogP contribution in [0.2, 0.25) is 0 Å². The number of phosphoric acid groups is 3. The van der Waals surface area contributed by atoms with E-state index in [1.807, 2.05) is 31.2 Å². The Labute approximate surface area is 196 Å². The second kappa shape index (κ2) is 13.3. The van der Waals surface area contributed by atoms with E-state index in [2.05, 4.69) is 0 Å². The van der Waals surface area contributed by atoms with Gasteiger partial charge in [0.15, 0.2) is 6.23 Å². The van der Waals surface area contributed by atoms with E-state index in [4.69, 9.17) is 62.5 Å². The first-order valence-corrected chi connectivity index (χ1v) is 13.7. The number of aryl methyl sites for hydroxylation is 1. The van der Waals surface area contributed by atoms with Crippen LogP contribution in [0.5, 0.6) is 0 Å². The van der Waals surface area contributed by atoms with E-state index >= 15 is 0 Å². The van der Waals surface area contributed by atoms with Gasteiger partial charge in [0.05, 0.1) is 11.5 Å². The molecule has 1 aliphatic heterocycles. The summed E-state index contributed by atoms with van der Waals surface area (Å²) in [6.45, 7) is 3.54. The number of fused-ring (bicyclic) bond motifs is 1. The highest BCUT2D eigenvalue weighted by atomic mass is 31.2. The van der Waals surface area contributed by atoms with Gasteiger partial charge in [-0.3, -0.25) is 9.36 Å². The maximum absolute atomic E-state index is 12.6. The summed E-state index contributed by atoms with van der Waals surface area (Å²) >= 11 is 0. The van der Waals surface area contributed by atoms with E-state index < -0.39 is 48.0 Å². The fourth-order valence-electron chi connectivity index (χ4n) is 2.74. The van der Waals surface area contributed by atoms with Crippen LogP contribution < -0.4 is 5.56 Å². The number of aliphatic hydroxyl groups excluding tert-OH is 2. The van der Waals surface area contributed by atoms with Crippen molar-refractivity contribution in [1.29, 1.82) is 0 Å². The van der Waals surface area contributed by atoms with Crippen LogP contribution in [-0.4, -0.2) is 77.1 Å². The van der Waals surface area contributed by atoms with Crippen molar-refractivity contribution in [2.75, 3.05) is 0 Å². The minimum absolute atomic E-state index is 0.217. The fraction of sp³-hybridized carbons (Fsp3) is 0.400. The van der Waals surface area contributed by atoms with E-state index in [1.165, 1.54) is 4.57 Å². The van der Waals surface area contributed by atoms with Crippen molar-refractivity contribution in [3.05, 3.63) is 46.4 Å². The average molecular weight is 569 g/mol. The van der Waals surface area contributed by atoms with Crippen LogP contribution in [0.1, 0.15) is 18.7 Å². The minimum Gasteiger partial charge on any atom is -0.388 e. The van der Waals surface area contributed by atoms with Crippen LogP contribution in [0.3, 0.4) is 0 Å². The molecule has 4 atom stereocenters. The van der Waals surface area contributed by atoms with Gasteiger partial charge in [-0.2, -0.15) is 0 Å². The Balaban J connectivity index is 0.000000635. The number of hydrogen-bond acceptors (Lipinski definition) is 7. The fourth-order valence-corrected chi connectivity index (χ4v) is 2.74. The first-order valence-electron chi connectivity index (χ1n) is 8.97. The van der Waals surface area contributed by atoms with Crippen molar-refractivity contribution in [3.8, 4) is 0 Å². The Morgan fingerprint density at radius 1 is 0.800 bits per heavy atom. The molecule has 1 aromatic carbocycles. The molecule has 17 nitrogen and oxygen atoms in total. The van der Waals surface area contributed by atoms with Gasteiger partial charge >= 0.3 is 23.5 Å². The molecule has 0 radical (unpaired) electrons. The number of hydrogen-bond donors (Lipinski definition) is 11. The second-order valence-electron chi connectivity index (χ2n) is 6.82. The summed E-state index contributed by atoms with van der Waals surface area (Å²) in [6, 6.07) is 7.46. The highest BCUT2D eigenvalue weighted by molar-refractivity contribution is 7.45. The number of ether oxygens (including phenoxy) is 1. The molecule has 1 aliphatic rings. The number of pyridine rings is 1. The van der Waals surface area contributed by atoms with Crippen LogP contribution in [0.25, 0.3) is 10.8 Å². The lowest BCUT2D eigenvalue weighted by atomic mass is 10.1. The predicted octanol–water partition coefficient (Wildman–Crippen LogP) is -1.84. The molecule has 3 rings (SSSR count). The zero-order valence-electron chi connectivity index (χ0n) is 17.9. The molecule has 2 aromatic rings. The van der Waals surface area contributed by atoms with Crippen molar-refractivity contribution >= 4 is 34.2 Å². The van der Waals surface area contributed by atoms with Crippen LogP contribution in [0, 0.1) is 6.92 Å². The smallest absolute Gasteiger partial charge is 0.388 e. The summed E-state index contributed by atoms with van der Waals surface area (Å²) in [4.78, 5) is 77.3. The molecule has 20 heteroatoms. The third-order valence-corrected chi connectivity index (χ3v) is 3.92. The molecule has 0 bridgehead atoms. The SMILES string of the molecule is Cc1cccc2ccn(C3OC(C)C(O)C3O)c(=O)c12.O=P(O)(O)O.O=P(O)(O)O.O=P(O)(O)O. The molecule has 2 heterocycles. The quantitative estimate of drug-likeness (QED) is 0.168. The summed E-state index contributed by atoms with van der Waals surface area (Å²) in [5.41, 5.74) is 0.661. The normalized spacial score (nSPS) is 22.2. The van der Waals surface area contributed by atoms with Crippen molar-refractivity contribution in [1.82, 2.24) is 4.57 Å². The Morgan fingerprint density at radius 2 is 1.23 bits per heavy atom. The first-order chi connectivity index (χ1) is 15.5. The largest absolute Gasteiger partial charge is 0.466 e. The van der Waals surface area contributed by atoms with Crippen molar-refractivity contribution in [2.24, 2.45) is 0 Å². The summed E-state index contributed by atoms with van der Waals surface area (Å²) in [5, 5.41) is 21.2. The Kier molecular flexibility index (Phi) is 12.7. The van der Waals surface area contributed by atoms with Gasteiger partial charge in [0.1, 0.15) is 12.2 Å². The van der Waals surface area contributed by atoms with E-state index in [9.17, 15) is 15.0 Å². The molecule has 4 unspecified atom stereocenters. The maximum Gasteiger partial charge on any atom is 0.466 e. The molecule has 202 valence electrons. The molecular weight excluding hydrogens is 543 g/mol. The monoisotopic (exact) mass is 569 g/mol. The van der Waals surface area contributed by atoms with Crippen LogP contribution in [-0.2, 0) is 18.4 Å². The first kappa shape index (κ1) is 33.6. The number of aliphatic hydroxyl groups is 2. The molecule has 35 heavy (non-hydrogen) atoms. The summed E-state index contributed by atoms with van der Waals surface area (Å²) in [5.74, 6) is 0. The summed E-state index contributed by atoms with van der Waals surface area (Å²) in [7, 11) is -13.9. The van der Waals surface area contributed by atoms with Crippen molar-refractivity contribution in [2.45, 2.75) is 38.4 Å². The highest BCUT2D eigenvalue weighted by Gasteiger charge is 2.41. The van der Waals surface area contributed by atoms with E-state index in [-0.39, 0.29) is 5.56 Å². The number of aromatic nitrogens is 1. The molecular formula is C15H26NO16P3. The Bertz CT molecular complexity index is 1090. The molecule has 1 aromatic heterocycles. The Morgan fingerprint density at radius 3 is 1.60 bits per heavy atom.